The summed E-state index contributed by atoms with van der Waals surface area (Å²) in [4.78, 5) is 32.4. The molecule has 1 aliphatic heterocycles. The van der Waals surface area contributed by atoms with E-state index in [0.717, 1.165) is 49.9 Å². The number of carboxylic acids is 1. The Morgan fingerprint density at radius 1 is 1.00 bits per heavy atom. The van der Waals surface area contributed by atoms with Gasteiger partial charge in [-0.15, -0.1) is 0 Å². The summed E-state index contributed by atoms with van der Waals surface area (Å²) in [6.45, 7) is 5.79. The fourth-order valence-corrected chi connectivity index (χ4v) is 6.04. The number of aromatic nitrogens is 1. The Bertz CT molecular complexity index is 1090. The van der Waals surface area contributed by atoms with Crippen LogP contribution in [-0.2, 0) is 15.8 Å². The fourth-order valence-electron chi connectivity index (χ4n) is 6.04. The smallest absolute Gasteiger partial charge is 0.417 e. The molecule has 4 atom stereocenters. The van der Waals surface area contributed by atoms with Crippen molar-refractivity contribution in [1.29, 1.82) is 0 Å². The summed E-state index contributed by atoms with van der Waals surface area (Å²) in [5.41, 5.74) is -0.649. The van der Waals surface area contributed by atoms with Gasteiger partial charge in [0, 0.05) is 18.0 Å². The van der Waals surface area contributed by atoms with Crippen molar-refractivity contribution in [2.75, 3.05) is 5.32 Å². The molecule has 2 heterocycles. The first-order valence-corrected chi connectivity index (χ1v) is 12.8. The number of hydrogen-bond donors (Lipinski definition) is 2. The number of carbonyl (C=O) groups is 2. The van der Waals surface area contributed by atoms with Crippen LogP contribution >= 0.6 is 0 Å². The van der Waals surface area contributed by atoms with E-state index in [1.807, 2.05) is 51.1 Å². The lowest BCUT2D eigenvalue weighted by Crippen LogP contribution is -2.49. The molecule has 1 saturated heterocycles. The number of anilines is 1. The number of likely N-dealkylation sites (tertiary alicyclic amines) is 1. The van der Waals surface area contributed by atoms with E-state index in [1.165, 1.54) is 6.07 Å². The van der Waals surface area contributed by atoms with Gasteiger partial charge in [-0.3, -0.25) is 4.79 Å². The molecule has 1 aromatic heterocycles. The van der Waals surface area contributed by atoms with E-state index in [4.69, 9.17) is 0 Å². The van der Waals surface area contributed by atoms with Crippen molar-refractivity contribution in [2.45, 2.75) is 77.2 Å². The van der Waals surface area contributed by atoms with Crippen LogP contribution in [0.15, 0.2) is 48.7 Å². The number of carboxylic acid groups (broad SMARTS) is 1. The summed E-state index contributed by atoms with van der Waals surface area (Å²) in [6, 6.07) is 9.13. The summed E-state index contributed by atoms with van der Waals surface area (Å²) in [5.74, 6) is -1.85. The highest BCUT2D eigenvalue weighted by Crippen LogP contribution is 2.50. The van der Waals surface area contributed by atoms with Gasteiger partial charge in [-0.05, 0) is 36.0 Å². The average molecular weight is 518 g/mol. The monoisotopic (exact) mass is 517 g/mol. The van der Waals surface area contributed by atoms with Crippen LogP contribution in [0.4, 0.5) is 19.0 Å². The molecule has 9 heteroatoms. The summed E-state index contributed by atoms with van der Waals surface area (Å²) in [6.07, 6.45) is 0.611. The second-order valence-electron chi connectivity index (χ2n) is 11.2. The quantitative estimate of drug-likeness (QED) is 0.496. The highest BCUT2D eigenvalue weighted by atomic mass is 19.4. The second-order valence-corrected chi connectivity index (χ2v) is 11.2. The maximum Gasteiger partial charge on any atom is 0.417 e. The molecule has 1 aliphatic carbocycles. The molecule has 1 amide bonds. The van der Waals surface area contributed by atoms with E-state index < -0.39 is 47.2 Å². The van der Waals surface area contributed by atoms with Crippen LogP contribution in [-0.4, -0.2) is 39.0 Å². The first kappa shape index (κ1) is 26.9. The van der Waals surface area contributed by atoms with Gasteiger partial charge in [-0.1, -0.05) is 70.4 Å². The lowest BCUT2D eigenvalue weighted by Gasteiger charge is -2.36. The number of benzene rings is 1. The van der Waals surface area contributed by atoms with Crippen LogP contribution < -0.4 is 5.32 Å². The van der Waals surface area contributed by atoms with Gasteiger partial charge in [0.2, 0.25) is 5.91 Å². The minimum atomic E-state index is -4.52. The number of pyridine rings is 1. The van der Waals surface area contributed by atoms with Crippen LogP contribution in [0, 0.1) is 17.3 Å². The van der Waals surface area contributed by atoms with E-state index in [2.05, 4.69) is 10.3 Å². The molecule has 0 radical (unpaired) electrons. The van der Waals surface area contributed by atoms with Crippen molar-refractivity contribution in [2.24, 2.45) is 17.3 Å². The highest BCUT2D eigenvalue weighted by Gasteiger charge is 2.58. The lowest BCUT2D eigenvalue weighted by atomic mass is 9.72. The van der Waals surface area contributed by atoms with E-state index in [0.29, 0.717) is 0 Å². The van der Waals surface area contributed by atoms with Gasteiger partial charge < -0.3 is 15.3 Å². The third-order valence-electron chi connectivity index (χ3n) is 7.67. The molecular formula is C28H34F3N3O3. The Balaban J connectivity index is 1.82. The number of rotatable bonds is 5. The lowest BCUT2D eigenvalue weighted by molar-refractivity contribution is -0.154. The molecule has 6 nitrogen and oxygen atoms in total. The van der Waals surface area contributed by atoms with Crippen LogP contribution in [0.5, 0.6) is 0 Å². The molecule has 1 aromatic carbocycles. The SMILES string of the molecule is CC(C)(C)[C@@H]1[C@@H](Nc2ccc(C(F)(F)F)cn2)[C@@H](c2ccccc2)N(C(=O)C2CCCCC2)[C@H]1C(=O)O. The van der Waals surface area contributed by atoms with Crippen LogP contribution in [0.1, 0.15) is 70.0 Å². The number of aliphatic carboxylic acids is 1. The van der Waals surface area contributed by atoms with Crippen molar-refractivity contribution in [3.05, 3.63) is 59.8 Å². The normalized spacial score (nSPS) is 25.2. The number of amides is 1. The number of hydrogen-bond acceptors (Lipinski definition) is 4. The van der Waals surface area contributed by atoms with E-state index in [-0.39, 0.29) is 17.6 Å². The molecular weight excluding hydrogens is 483 g/mol. The van der Waals surface area contributed by atoms with Crippen LogP contribution in [0.25, 0.3) is 0 Å². The second kappa shape index (κ2) is 10.3. The Morgan fingerprint density at radius 2 is 1.65 bits per heavy atom. The van der Waals surface area contributed by atoms with Crippen molar-refractivity contribution < 1.29 is 27.9 Å². The van der Waals surface area contributed by atoms with Crippen LogP contribution in [0.2, 0.25) is 0 Å². The maximum atomic E-state index is 14.0. The predicted molar refractivity (Wildman–Crippen MR) is 134 cm³/mol. The summed E-state index contributed by atoms with van der Waals surface area (Å²) in [5, 5.41) is 13.7. The molecule has 2 aromatic rings. The third kappa shape index (κ3) is 5.60. The number of halogens is 3. The van der Waals surface area contributed by atoms with Gasteiger partial charge >= 0.3 is 12.1 Å². The van der Waals surface area contributed by atoms with Gasteiger partial charge in [0.25, 0.3) is 0 Å². The first-order valence-electron chi connectivity index (χ1n) is 12.8. The van der Waals surface area contributed by atoms with Crippen molar-refractivity contribution in [3.63, 3.8) is 0 Å². The van der Waals surface area contributed by atoms with E-state index >= 15 is 0 Å². The minimum absolute atomic E-state index is 0.167. The topological polar surface area (TPSA) is 82.5 Å². The Labute approximate surface area is 215 Å². The zero-order valence-electron chi connectivity index (χ0n) is 21.3. The number of carbonyl (C=O) groups excluding carboxylic acids is 1. The molecule has 37 heavy (non-hydrogen) atoms. The Morgan fingerprint density at radius 3 is 2.16 bits per heavy atom. The molecule has 200 valence electrons. The summed E-state index contributed by atoms with van der Waals surface area (Å²) in [7, 11) is 0. The van der Waals surface area contributed by atoms with Crippen molar-refractivity contribution >= 4 is 17.7 Å². The zero-order chi connectivity index (χ0) is 27.0. The average Bonchev–Trinajstić information content (AvgIpc) is 3.20. The largest absolute Gasteiger partial charge is 0.480 e. The molecule has 4 rings (SSSR count). The van der Waals surface area contributed by atoms with Gasteiger partial charge in [0.15, 0.2) is 0 Å². The van der Waals surface area contributed by atoms with Gasteiger partial charge in [-0.2, -0.15) is 13.2 Å². The molecule has 0 spiro atoms. The highest BCUT2D eigenvalue weighted by molar-refractivity contribution is 5.87. The van der Waals surface area contributed by atoms with Crippen LogP contribution in [0.3, 0.4) is 0 Å². The first-order chi connectivity index (χ1) is 17.4. The van der Waals surface area contributed by atoms with Crippen molar-refractivity contribution in [1.82, 2.24) is 9.88 Å². The van der Waals surface area contributed by atoms with E-state index in [9.17, 15) is 27.9 Å². The number of nitrogens with zero attached hydrogens (tertiary/aromatic N) is 2. The summed E-state index contributed by atoms with van der Waals surface area (Å²) < 4.78 is 39.3. The van der Waals surface area contributed by atoms with Gasteiger partial charge in [0.05, 0.1) is 17.6 Å². The third-order valence-corrected chi connectivity index (χ3v) is 7.67. The summed E-state index contributed by atoms with van der Waals surface area (Å²) >= 11 is 0. The molecule has 0 bridgehead atoms. The van der Waals surface area contributed by atoms with Crippen molar-refractivity contribution in [3.8, 4) is 0 Å². The molecule has 0 unspecified atom stereocenters. The van der Waals surface area contributed by atoms with Gasteiger partial charge in [0.1, 0.15) is 11.9 Å². The predicted octanol–water partition coefficient (Wildman–Crippen LogP) is 6.16. The standard InChI is InChI=1S/C28H34F3N3O3/c1-27(2,3)21-22(33-20-15-14-19(16-32-20)28(29,30)31)23(17-10-6-4-7-11-17)34(24(21)26(36)37)25(35)18-12-8-5-9-13-18/h4,6-7,10-11,14-16,18,21-24H,5,8-9,12-13H2,1-3H3,(H,32,33)(H,36,37)/t21-,22-,23-,24-/m1/s1. The van der Waals surface area contributed by atoms with E-state index in [1.54, 1.807) is 4.90 Å². The Hall–Kier alpha value is -3.10. The molecule has 2 fully saturated rings. The molecule has 2 N–H and O–H groups in total. The Kier molecular flexibility index (Phi) is 7.53. The molecule has 1 saturated carbocycles. The fraction of sp³-hybridized carbons (Fsp3) is 0.536. The molecule has 2 aliphatic rings. The number of alkyl halides is 3. The number of nitrogens with one attached hydrogen (secondary N) is 1. The minimum Gasteiger partial charge on any atom is -0.480 e. The van der Waals surface area contributed by atoms with Gasteiger partial charge in [-0.25, -0.2) is 9.78 Å². The maximum absolute atomic E-state index is 14.0. The zero-order valence-corrected chi connectivity index (χ0v) is 21.3.